The number of hydrogen-bond acceptors (Lipinski definition) is 6. The van der Waals surface area contributed by atoms with Gasteiger partial charge in [-0.15, -0.1) is 16.4 Å². The van der Waals surface area contributed by atoms with Crippen LogP contribution in [-0.4, -0.2) is 33.0 Å². The van der Waals surface area contributed by atoms with Gasteiger partial charge in [-0.3, -0.25) is 4.79 Å². The number of thiophene rings is 1. The number of ether oxygens (including phenoxy) is 1. The summed E-state index contributed by atoms with van der Waals surface area (Å²) in [6.45, 7) is 2.43. The molecule has 1 amide bonds. The number of nitrogens with zero attached hydrogens (tertiary/aromatic N) is 3. The van der Waals surface area contributed by atoms with Gasteiger partial charge in [-0.05, 0) is 23.9 Å². The molecule has 3 aromatic rings. The monoisotopic (exact) mass is 370 g/mol. The van der Waals surface area contributed by atoms with Crippen molar-refractivity contribution in [3.63, 3.8) is 0 Å². The summed E-state index contributed by atoms with van der Waals surface area (Å²) >= 11 is 1.55. The van der Waals surface area contributed by atoms with Crippen molar-refractivity contribution in [2.75, 3.05) is 0 Å². The summed E-state index contributed by atoms with van der Waals surface area (Å²) in [5.74, 6) is -1.04. The molecule has 0 fully saturated rings. The van der Waals surface area contributed by atoms with E-state index in [0.717, 1.165) is 10.4 Å². The van der Waals surface area contributed by atoms with Crippen LogP contribution < -0.4 is 5.32 Å². The van der Waals surface area contributed by atoms with E-state index in [9.17, 15) is 9.59 Å². The first-order valence-electron chi connectivity index (χ1n) is 8.07. The third kappa shape index (κ3) is 4.76. The lowest BCUT2D eigenvalue weighted by Gasteiger charge is -2.12. The smallest absolute Gasteiger partial charge is 0.361 e. The van der Waals surface area contributed by atoms with E-state index in [2.05, 4.69) is 15.6 Å². The van der Waals surface area contributed by atoms with Gasteiger partial charge in [-0.2, -0.15) is 0 Å². The predicted molar refractivity (Wildman–Crippen MR) is 96.6 cm³/mol. The van der Waals surface area contributed by atoms with Gasteiger partial charge in [0.1, 0.15) is 0 Å². The lowest BCUT2D eigenvalue weighted by molar-refractivity contribution is -0.129. The summed E-state index contributed by atoms with van der Waals surface area (Å²) in [4.78, 5) is 25.2. The van der Waals surface area contributed by atoms with Gasteiger partial charge in [-0.1, -0.05) is 41.6 Å². The second-order valence-corrected chi connectivity index (χ2v) is 6.66. The van der Waals surface area contributed by atoms with E-state index >= 15 is 0 Å². The van der Waals surface area contributed by atoms with E-state index in [1.54, 1.807) is 16.0 Å². The predicted octanol–water partition coefficient (Wildman–Crippen LogP) is 2.25. The molecule has 134 valence electrons. The standard InChI is InChI=1S/C18H18N4O3S/c1-13(17(23)19-10-15-8-5-9-26-15)25-18(24)16-12-22(21-20-16)11-14-6-3-2-4-7-14/h2-9,12-13H,10-11H2,1H3,(H,19,23). The van der Waals surface area contributed by atoms with Crippen LogP contribution in [0, 0.1) is 0 Å². The molecular weight excluding hydrogens is 352 g/mol. The summed E-state index contributed by atoms with van der Waals surface area (Å²) in [6.07, 6.45) is 0.591. The molecule has 0 bridgehead atoms. The molecule has 0 aliphatic carbocycles. The zero-order chi connectivity index (χ0) is 18.4. The second-order valence-electron chi connectivity index (χ2n) is 5.63. The molecule has 7 nitrogen and oxygen atoms in total. The highest BCUT2D eigenvalue weighted by Crippen LogP contribution is 2.08. The molecule has 8 heteroatoms. The van der Waals surface area contributed by atoms with Crippen molar-refractivity contribution < 1.29 is 14.3 Å². The van der Waals surface area contributed by atoms with Crippen molar-refractivity contribution >= 4 is 23.2 Å². The fourth-order valence-electron chi connectivity index (χ4n) is 2.25. The third-order valence-electron chi connectivity index (χ3n) is 3.61. The number of carbonyl (C=O) groups is 2. The van der Waals surface area contributed by atoms with E-state index in [4.69, 9.17) is 4.74 Å². The third-order valence-corrected chi connectivity index (χ3v) is 4.48. The minimum atomic E-state index is -0.915. The molecule has 2 aromatic heterocycles. The number of carbonyl (C=O) groups excluding carboxylic acids is 2. The molecule has 0 saturated heterocycles. The normalized spacial score (nSPS) is 11.7. The molecule has 1 unspecified atom stereocenters. The average molecular weight is 370 g/mol. The van der Waals surface area contributed by atoms with Crippen LogP contribution in [0.25, 0.3) is 0 Å². The van der Waals surface area contributed by atoms with Crippen LogP contribution in [0.15, 0.2) is 54.0 Å². The summed E-state index contributed by atoms with van der Waals surface area (Å²) in [5, 5.41) is 12.4. The SMILES string of the molecule is CC(OC(=O)c1cn(Cc2ccccc2)nn1)C(=O)NCc1cccs1. The Bertz CT molecular complexity index is 862. The quantitative estimate of drug-likeness (QED) is 0.645. The van der Waals surface area contributed by atoms with Crippen LogP contribution in [0.5, 0.6) is 0 Å². The van der Waals surface area contributed by atoms with Gasteiger partial charge in [0.2, 0.25) is 0 Å². The minimum Gasteiger partial charge on any atom is -0.448 e. The minimum absolute atomic E-state index is 0.0684. The van der Waals surface area contributed by atoms with E-state index < -0.39 is 12.1 Å². The Balaban J connectivity index is 1.51. The van der Waals surface area contributed by atoms with Gasteiger partial charge < -0.3 is 10.1 Å². The highest BCUT2D eigenvalue weighted by molar-refractivity contribution is 7.09. The molecular formula is C18H18N4O3S. The van der Waals surface area contributed by atoms with Crippen LogP contribution in [-0.2, 0) is 22.6 Å². The first-order valence-corrected chi connectivity index (χ1v) is 8.95. The van der Waals surface area contributed by atoms with Crippen LogP contribution in [0.3, 0.4) is 0 Å². The largest absolute Gasteiger partial charge is 0.448 e. The number of nitrogens with one attached hydrogen (secondary N) is 1. The maximum Gasteiger partial charge on any atom is 0.361 e. The Hall–Kier alpha value is -3.00. The Morgan fingerprint density at radius 3 is 2.77 bits per heavy atom. The number of esters is 1. The van der Waals surface area contributed by atoms with E-state index in [1.807, 2.05) is 47.8 Å². The molecule has 3 rings (SSSR count). The van der Waals surface area contributed by atoms with Crippen molar-refractivity contribution in [2.45, 2.75) is 26.1 Å². The number of rotatable bonds is 7. The maximum absolute atomic E-state index is 12.1. The van der Waals surface area contributed by atoms with E-state index in [1.165, 1.54) is 13.1 Å². The lowest BCUT2D eigenvalue weighted by atomic mass is 10.2. The molecule has 1 N–H and O–H groups in total. The number of amides is 1. The molecule has 2 heterocycles. The van der Waals surface area contributed by atoms with Gasteiger partial charge in [0.15, 0.2) is 11.8 Å². The van der Waals surface area contributed by atoms with Crippen LogP contribution >= 0.6 is 11.3 Å². The van der Waals surface area contributed by atoms with Crippen molar-refractivity contribution in [3.05, 3.63) is 70.2 Å². The fraction of sp³-hybridized carbons (Fsp3) is 0.222. The van der Waals surface area contributed by atoms with Crippen molar-refractivity contribution in [1.82, 2.24) is 20.3 Å². The zero-order valence-corrected chi connectivity index (χ0v) is 15.0. The van der Waals surface area contributed by atoms with Crippen LogP contribution in [0.4, 0.5) is 0 Å². The molecule has 0 aliphatic rings. The Morgan fingerprint density at radius 1 is 1.23 bits per heavy atom. The maximum atomic E-state index is 12.1. The molecule has 0 spiro atoms. The summed E-state index contributed by atoms with van der Waals surface area (Å²) in [6, 6.07) is 13.5. The van der Waals surface area contributed by atoms with Gasteiger partial charge in [0.05, 0.1) is 19.3 Å². The zero-order valence-electron chi connectivity index (χ0n) is 14.2. The fourth-order valence-corrected chi connectivity index (χ4v) is 2.89. The number of aromatic nitrogens is 3. The first kappa shape index (κ1) is 17.8. The summed E-state index contributed by atoms with van der Waals surface area (Å²) in [7, 11) is 0. The van der Waals surface area contributed by atoms with Crippen molar-refractivity contribution in [1.29, 1.82) is 0 Å². The highest BCUT2D eigenvalue weighted by atomic mass is 32.1. The number of benzene rings is 1. The number of hydrogen-bond donors (Lipinski definition) is 1. The first-order chi connectivity index (χ1) is 12.6. The topological polar surface area (TPSA) is 86.1 Å². The van der Waals surface area contributed by atoms with E-state index in [-0.39, 0.29) is 11.6 Å². The van der Waals surface area contributed by atoms with Crippen molar-refractivity contribution in [2.24, 2.45) is 0 Å². The molecule has 26 heavy (non-hydrogen) atoms. The van der Waals surface area contributed by atoms with Crippen molar-refractivity contribution in [3.8, 4) is 0 Å². The van der Waals surface area contributed by atoms with Crippen LogP contribution in [0.2, 0.25) is 0 Å². The van der Waals surface area contributed by atoms with Gasteiger partial charge >= 0.3 is 5.97 Å². The van der Waals surface area contributed by atoms with Gasteiger partial charge in [0.25, 0.3) is 5.91 Å². The Labute approximate surface area is 154 Å². The molecule has 1 atom stereocenters. The van der Waals surface area contributed by atoms with E-state index in [0.29, 0.717) is 13.1 Å². The summed E-state index contributed by atoms with van der Waals surface area (Å²) < 4.78 is 6.72. The molecule has 0 aliphatic heterocycles. The Morgan fingerprint density at radius 2 is 2.04 bits per heavy atom. The summed E-state index contributed by atoms with van der Waals surface area (Å²) in [5.41, 5.74) is 1.11. The molecule has 0 saturated carbocycles. The Kier molecular flexibility index (Phi) is 5.75. The van der Waals surface area contributed by atoms with Gasteiger partial charge in [-0.25, -0.2) is 9.48 Å². The lowest BCUT2D eigenvalue weighted by Crippen LogP contribution is -2.35. The van der Waals surface area contributed by atoms with Crippen LogP contribution in [0.1, 0.15) is 27.9 Å². The average Bonchev–Trinajstić information content (AvgIpc) is 3.32. The molecule has 0 radical (unpaired) electrons. The second kappa shape index (κ2) is 8.39. The van der Waals surface area contributed by atoms with Gasteiger partial charge in [0, 0.05) is 4.88 Å². The molecule has 1 aromatic carbocycles. The highest BCUT2D eigenvalue weighted by Gasteiger charge is 2.21.